The van der Waals surface area contributed by atoms with Crippen molar-refractivity contribution >= 4 is 23.0 Å². The molecule has 2 aromatic rings. The number of ether oxygens (including phenoxy) is 1. The Kier molecular flexibility index (Phi) is 5.13. The highest BCUT2D eigenvalue weighted by Crippen LogP contribution is 2.26. The molecule has 1 N–H and O–H groups in total. The van der Waals surface area contributed by atoms with Gasteiger partial charge in [0, 0.05) is 20.1 Å². The second kappa shape index (κ2) is 7.06. The first-order chi connectivity index (χ1) is 9.72. The minimum Gasteiger partial charge on any atom is -0.495 e. The quantitative estimate of drug-likeness (QED) is 0.873. The summed E-state index contributed by atoms with van der Waals surface area (Å²) in [5, 5.41) is 4.08. The van der Waals surface area contributed by atoms with Gasteiger partial charge in [-0.2, -0.15) is 0 Å². The van der Waals surface area contributed by atoms with Gasteiger partial charge >= 0.3 is 0 Å². The van der Waals surface area contributed by atoms with Crippen molar-refractivity contribution < 1.29 is 4.74 Å². The summed E-state index contributed by atoms with van der Waals surface area (Å²) in [4.78, 5) is 2.16. The maximum absolute atomic E-state index is 6.11. The van der Waals surface area contributed by atoms with Crippen molar-refractivity contribution in [3.05, 3.63) is 53.6 Å². The van der Waals surface area contributed by atoms with E-state index < -0.39 is 0 Å². The molecule has 4 heteroatoms. The fraction of sp³-hybridized carbons (Fsp3) is 0.250. The molecule has 2 aromatic carbocycles. The van der Waals surface area contributed by atoms with Gasteiger partial charge in [-0.3, -0.25) is 0 Å². The second-order valence-corrected chi connectivity index (χ2v) is 4.91. The molecule has 0 aliphatic carbocycles. The monoisotopic (exact) mass is 290 g/mol. The fourth-order valence-electron chi connectivity index (χ4n) is 2.03. The molecule has 2 rings (SSSR count). The van der Waals surface area contributed by atoms with Crippen LogP contribution in [0.15, 0.2) is 48.5 Å². The van der Waals surface area contributed by atoms with Crippen LogP contribution in [0.3, 0.4) is 0 Å². The number of hydrogen-bond acceptors (Lipinski definition) is 3. The van der Waals surface area contributed by atoms with Gasteiger partial charge in [-0.05, 0) is 24.3 Å². The average Bonchev–Trinajstić information content (AvgIpc) is 2.49. The van der Waals surface area contributed by atoms with Gasteiger partial charge < -0.3 is 15.0 Å². The number of likely N-dealkylation sites (N-methyl/N-ethyl adjacent to an activating group) is 1. The number of nitrogens with one attached hydrogen (secondary N) is 1. The lowest BCUT2D eigenvalue weighted by molar-refractivity contribution is 0.415. The fourth-order valence-corrected chi connectivity index (χ4v) is 2.23. The van der Waals surface area contributed by atoms with Gasteiger partial charge in [-0.25, -0.2) is 0 Å². The van der Waals surface area contributed by atoms with Gasteiger partial charge in [0.1, 0.15) is 5.75 Å². The van der Waals surface area contributed by atoms with Crippen LogP contribution < -0.4 is 15.0 Å². The van der Waals surface area contributed by atoms with Crippen LogP contribution in [-0.2, 0) is 0 Å². The van der Waals surface area contributed by atoms with E-state index in [4.69, 9.17) is 16.3 Å². The standard InChI is InChI=1S/C16H19ClN2O/c1-19(15-9-5-6-10-16(15)20-2)12-11-18-14-8-4-3-7-13(14)17/h3-10,18H,11-12H2,1-2H3. The van der Waals surface area contributed by atoms with Crippen molar-refractivity contribution in [1.82, 2.24) is 0 Å². The second-order valence-electron chi connectivity index (χ2n) is 4.50. The Morgan fingerprint density at radius 1 is 1.10 bits per heavy atom. The summed E-state index contributed by atoms with van der Waals surface area (Å²) in [6.07, 6.45) is 0. The summed E-state index contributed by atoms with van der Waals surface area (Å²) in [6, 6.07) is 15.8. The van der Waals surface area contributed by atoms with E-state index in [0.29, 0.717) is 0 Å². The van der Waals surface area contributed by atoms with Crippen molar-refractivity contribution in [2.75, 3.05) is 37.5 Å². The highest BCUT2D eigenvalue weighted by molar-refractivity contribution is 6.33. The molecule has 0 aliphatic rings. The van der Waals surface area contributed by atoms with Crippen LogP contribution >= 0.6 is 11.6 Å². The number of benzene rings is 2. The van der Waals surface area contributed by atoms with Crippen molar-refractivity contribution in [3.63, 3.8) is 0 Å². The number of halogens is 1. The number of nitrogens with zero attached hydrogens (tertiary/aromatic N) is 1. The largest absolute Gasteiger partial charge is 0.495 e. The molecule has 0 aromatic heterocycles. The van der Waals surface area contributed by atoms with Gasteiger partial charge in [0.15, 0.2) is 0 Å². The zero-order chi connectivity index (χ0) is 14.4. The van der Waals surface area contributed by atoms with E-state index in [2.05, 4.69) is 10.2 Å². The first-order valence-corrected chi connectivity index (χ1v) is 6.92. The zero-order valence-corrected chi connectivity index (χ0v) is 12.5. The molecule has 0 fully saturated rings. The van der Waals surface area contributed by atoms with Crippen LogP contribution in [0.4, 0.5) is 11.4 Å². The summed E-state index contributed by atoms with van der Waals surface area (Å²) in [5.74, 6) is 0.882. The molecule has 0 saturated heterocycles. The Hall–Kier alpha value is -1.87. The maximum atomic E-state index is 6.11. The first-order valence-electron chi connectivity index (χ1n) is 6.55. The Labute approximate surface area is 125 Å². The van der Waals surface area contributed by atoms with Gasteiger partial charge in [0.2, 0.25) is 0 Å². The molecule has 106 valence electrons. The number of methoxy groups -OCH3 is 1. The van der Waals surface area contributed by atoms with Crippen molar-refractivity contribution in [2.45, 2.75) is 0 Å². The number of rotatable bonds is 6. The summed E-state index contributed by atoms with van der Waals surface area (Å²) in [5.41, 5.74) is 2.04. The predicted octanol–water partition coefficient (Wildman–Crippen LogP) is 3.90. The first kappa shape index (κ1) is 14.5. The van der Waals surface area contributed by atoms with Gasteiger partial charge in [0.25, 0.3) is 0 Å². The van der Waals surface area contributed by atoms with Crippen LogP contribution in [0.5, 0.6) is 5.75 Å². The van der Waals surface area contributed by atoms with Crippen LogP contribution in [0.25, 0.3) is 0 Å². The summed E-state index contributed by atoms with van der Waals surface area (Å²) >= 11 is 6.11. The minimum atomic E-state index is 0.743. The highest BCUT2D eigenvalue weighted by atomic mass is 35.5. The van der Waals surface area contributed by atoms with E-state index in [1.807, 2.05) is 55.6 Å². The van der Waals surface area contributed by atoms with Gasteiger partial charge in [-0.1, -0.05) is 35.9 Å². The van der Waals surface area contributed by atoms with Crippen LogP contribution in [0.2, 0.25) is 5.02 Å². The van der Waals surface area contributed by atoms with E-state index >= 15 is 0 Å². The molecule has 0 heterocycles. The predicted molar refractivity (Wildman–Crippen MR) is 86.2 cm³/mol. The normalized spacial score (nSPS) is 10.2. The van der Waals surface area contributed by atoms with Gasteiger partial charge in [-0.15, -0.1) is 0 Å². The molecule has 0 radical (unpaired) electrons. The minimum absolute atomic E-state index is 0.743. The lowest BCUT2D eigenvalue weighted by Crippen LogP contribution is -2.25. The molecule has 3 nitrogen and oxygen atoms in total. The van der Waals surface area contributed by atoms with E-state index in [1.165, 1.54) is 0 Å². The smallest absolute Gasteiger partial charge is 0.142 e. The molecule has 0 saturated carbocycles. The van der Waals surface area contributed by atoms with Crippen molar-refractivity contribution in [1.29, 1.82) is 0 Å². The molecule has 0 spiro atoms. The third-order valence-corrected chi connectivity index (χ3v) is 3.46. The van der Waals surface area contributed by atoms with Crippen molar-refractivity contribution in [2.24, 2.45) is 0 Å². The molecule has 0 unspecified atom stereocenters. The number of para-hydroxylation sites is 3. The number of hydrogen-bond donors (Lipinski definition) is 1. The Balaban J connectivity index is 1.92. The summed E-state index contributed by atoms with van der Waals surface area (Å²) in [7, 11) is 3.74. The molecular weight excluding hydrogens is 272 g/mol. The summed E-state index contributed by atoms with van der Waals surface area (Å²) in [6.45, 7) is 1.66. The SMILES string of the molecule is COc1ccccc1N(C)CCNc1ccccc1Cl. The van der Waals surface area contributed by atoms with Gasteiger partial charge in [0.05, 0.1) is 23.5 Å². The number of anilines is 2. The molecule has 0 amide bonds. The van der Waals surface area contributed by atoms with E-state index in [9.17, 15) is 0 Å². The topological polar surface area (TPSA) is 24.5 Å². The van der Waals surface area contributed by atoms with Crippen LogP contribution in [-0.4, -0.2) is 27.2 Å². The Morgan fingerprint density at radius 2 is 1.80 bits per heavy atom. The molecule has 20 heavy (non-hydrogen) atoms. The third-order valence-electron chi connectivity index (χ3n) is 3.13. The molecule has 0 atom stereocenters. The van der Waals surface area contributed by atoms with Crippen LogP contribution in [0, 0.1) is 0 Å². The molecular formula is C16H19ClN2O. The zero-order valence-electron chi connectivity index (χ0n) is 11.8. The lowest BCUT2D eigenvalue weighted by atomic mass is 10.2. The Bertz CT molecular complexity index is 560. The van der Waals surface area contributed by atoms with Crippen molar-refractivity contribution in [3.8, 4) is 5.75 Å². The third kappa shape index (κ3) is 3.58. The average molecular weight is 291 g/mol. The van der Waals surface area contributed by atoms with E-state index in [0.717, 1.165) is 35.2 Å². The van der Waals surface area contributed by atoms with E-state index in [-0.39, 0.29) is 0 Å². The molecule has 0 aliphatic heterocycles. The lowest BCUT2D eigenvalue weighted by Gasteiger charge is -2.22. The highest BCUT2D eigenvalue weighted by Gasteiger charge is 2.06. The maximum Gasteiger partial charge on any atom is 0.142 e. The van der Waals surface area contributed by atoms with Crippen LogP contribution in [0.1, 0.15) is 0 Å². The Morgan fingerprint density at radius 3 is 2.55 bits per heavy atom. The summed E-state index contributed by atoms with van der Waals surface area (Å²) < 4.78 is 5.37. The van der Waals surface area contributed by atoms with E-state index in [1.54, 1.807) is 7.11 Å². The molecule has 0 bridgehead atoms.